The summed E-state index contributed by atoms with van der Waals surface area (Å²) < 4.78 is 1.80. The summed E-state index contributed by atoms with van der Waals surface area (Å²) in [6.07, 6.45) is 9.46. The van der Waals surface area contributed by atoms with Crippen molar-refractivity contribution < 1.29 is 4.79 Å². The third kappa shape index (κ3) is 4.62. The molecule has 5 rings (SSSR count). The number of carbonyl (C=O) groups excluding carboxylic acids is 1. The number of pyridine rings is 3. The highest BCUT2D eigenvalue weighted by Gasteiger charge is 2.18. The molecule has 7 nitrogen and oxygen atoms in total. The Hall–Kier alpha value is -4.39. The fourth-order valence-electron chi connectivity index (χ4n) is 3.74. The molecule has 7 heteroatoms. The molecule has 0 aliphatic rings. The smallest absolute Gasteiger partial charge is 0.252 e. The number of rotatable bonds is 7. The lowest BCUT2D eigenvalue weighted by atomic mass is 10.1. The van der Waals surface area contributed by atoms with Gasteiger partial charge in [-0.2, -0.15) is 5.10 Å². The maximum Gasteiger partial charge on any atom is 0.252 e. The SMILES string of the molecule is O=C(NCCc1ccccc1)c1cc(-c2cccnc2)nc2c1cnn2Cc1cccnc1. The maximum absolute atomic E-state index is 13.2. The maximum atomic E-state index is 13.2. The molecule has 0 atom stereocenters. The van der Waals surface area contributed by atoms with Gasteiger partial charge in [0.15, 0.2) is 5.65 Å². The van der Waals surface area contributed by atoms with Gasteiger partial charge in [0.2, 0.25) is 0 Å². The van der Waals surface area contributed by atoms with Gasteiger partial charge in [-0.05, 0) is 41.8 Å². The minimum absolute atomic E-state index is 0.149. The second kappa shape index (κ2) is 9.40. The average molecular weight is 435 g/mol. The van der Waals surface area contributed by atoms with Crippen LogP contribution in [0.25, 0.3) is 22.3 Å². The molecule has 0 saturated carbocycles. The van der Waals surface area contributed by atoms with E-state index in [0.717, 1.165) is 17.5 Å². The zero-order valence-corrected chi connectivity index (χ0v) is 17.9. The van der Waals surface area contributed by atoms with Gasteiger partial charge in [-0.1, -0.05) is 36.4 Å². The van der Waals surface area contributed by atoms with Crippen LogP contribution in [0.5, 0.6) is 0 Å². The van der Waals surface area contributed by atoms with Crippen LogP contribution in [0.4, 0.5) is 0 Å². The van der Waals surface area contributed by atoms with Crippen molar-refractivity contribution in [2.24, 2.45) is 0 Å². The molecule has 0 fully saturated rings. The van der Waals surface area contributed by atoms with Gasteiger partial charge in [-0.25, -0.2) is 9.67 Å². The van der Waals surface area contributed by atoms with E-state index in [2.05, 4.69) is 32.5 Å². The Kier molecular flexibility index (Phi) is 5.84. The van der Waals surface area contributed by atoms with Gasteiger partial charge >= 0.3 is 0 Å². The van der Waals surface area contributed by atoms with Gasteiger partial charge in [0, 0.05) is 36.9 Å². The Bertz CT molecular complexity index is 1370. The van der Waals surface area contributed by atoms with Crippen LogP contribution < -0.4 is 5.32 Å². The number of carbonyl (C=O) groups is 1. The first kappa shape index (κ1) is 20.5. The lowest BCUT2D eigenvalue weighted by Crippen LogP contribution is -2.26. The highest BCUT2D eigenvalue weighted by atomic mass is 16.1. The number of hydrogen-bond acceptors (Lipinski definition) is 5. The first-order chi connectivity index (χ1) is 16.3. The normalized spacial score (nSPS) is 10.9. The fraction of sp³-hybridized carbons (Fsp3) is 0.115. The number of hydrogen-bond donors (Lipinski definition) is 1. The summed E-state index contributed by atoms with van der Waals surface area (Å²) in [6, 6.07) is 19.6. The van der Waals surface area contributed by atoms with Crippen molar-refractivity contribution in [3.63, 3.8) is 0 Å². The van der Waals surface area contributed by atoms with Gasteiger partial charge in [-0.15, -0.1) is 0 Å². The minimum atomic E-state index is -0.149. The van der Waals surface area contributed by atoms with E-state index in [1.165, 1.54) is 5.56 Å². The van der Waals surface area contributed by atoms with Crippen LogP contribution in [0.2, 0.25) is 0 Å². The van der Waals surface area contributed by atoms with Gasteiger partial charge < -0.3 is 5.32 Å². The van der Waals surface area contributed by atoms with Crippen LogP contribution in [0.3, 0.4) is 0 Å². The molecule has 0 bridgehead atoms. The van der Waals surface area contributed by atoms with Crippen LogP contribution in [0, 0.1) is 0 Å². The summed E-state index contributed by atoms with van der Waals surface area (Å²) in [4.78, 5) is 26.4. The zero-order chi connectivity index (χ0) is 22.5. The minimum Gasteiger partial charge on any atom is -0.352 e. The predicted molar refractivity (Wildman–Crippen MR) is 127 cm³/mol. The summed E-state index contributed by atoms with van der Waals surface area (Å²) in [5.74, 6) is -0.149. The third-order valence-electron chi connectivity index (χ3n) is 5.41. The summed E-state index contributed by atoms with van der Waals surface area (Å²) in [5.41, 5.74) is 4.89. The Morgan fingerprint density at radius 1 is 0.879 bits per heavy atom. The number of fused-ring (bicyclic) bond motifs is 1. The number of aromatic nitrogens is 5. The molecule has 0 saturated heterocycles. The predicted octanol–water partition coefficient (Wildman–Crippen LogP) is 3.91. The van der Waals surface area contributed by atoms with Crippen molar-refractivity contribution in [1.29, 1.82) is 0 Å². The Morgan fingerprint density at radius 3 is 2.42 bits per heavy atom. The fourth-order valence-corrected chi connectivity index (χ4v) is 3.74. The first-order valence-electron chi connectivity index (χ1n) is 10.8. The molecular weight excluding hydrogens is 412 g/mol. The van der Waals surface area contributed by atoms with Crippen molar-refractivity contribution in [1.82, 2.24) is 30.0 Å². The van der Waals surface area contributed by atoms with Crippen LogP contribution in [-0.4, -0.2) is 37.2 Å². The molecule has 33 heavy (non-hydrogen) atoms. The molecule has 4 aromatic heterocycles. The second-order valence-corrected chi connectivity index (χ2v) is 7.69. The van der Waals surface area contributed by atoms with Gasteiger partial charge in [0.05, 0.1) is 29.4 Å². The van der Waals surface area contributed by atoms with E-state index in [4.69, 9.17) is 4.98 Å². The summed E-state index contributed by atoms with van der Waals surface area (Å²) in [5, 5.41) is 8.29. The first-order valence-corrected chi connectivity index (χ1v) is 10.8. The van der Waals surface area contributed by atoms with Gasteiger partial charge in [0.1, 0.15) is 0 Å². The van der Waals surface area contributed by atoms with Crippen LogP contribution in [0.1, 0.15) is 21.5 Å². The highest BCUT2D eigenvalue weighted by Crippen LogP contribution is 2.25. The lowest BCUT2D eigenvalue weighted by Gasteiger charge is -2.10. The Labute approximate surface area is 191 Å². The van der Waals surface area contributed by atoms with Gasteiger partial charge in [-0.3, -0.25) is 14.8 Å². The van der Waals surface area contributed by atoms with E-state index in [9.17, 15) is 4.79 Å². The molecule has 1 aromatic carbocycles. The van der Waals surface area contributed by atoms with Crippen LogP contribution >= 0.6 is 0 Å². The third-order valence-corrected chi connectivity index (χ3v) is 5.41. The standard InChI is InChI=1S/C26H22N6O/c33-26(29-13-10-19-6-2-1-3-7-19)22-14-24(21-9-5-12-28-16-21)31-25-23(22)17-30-32(25)18-20-8-4-11-27-15-20/h1-9,11-12,14-17H,10,13,18H2,(H,29,33). The number of nitrogens with one attached hydrogen (secondary N) is 1. The largest absolute Gasteiger partial charge is 0.352 e. The van der Waals surface area contributed by atoms with E-state index in [-0.39, 0.29) is 5.91 Å². The quantitative estimate of drug-likeness (QED) is 0.420. The van der Waals surface area contributed by atoms with E-state index >= 15 is 0 Å². The molecular formula is C26H22N6O. The summed E-state index contributed by atoms with van der Waals surface area (Å²) in [6.45, 7) is 1.05. The van der Waals surface area contributed by atoms with Crippen molar-refractivity contribution in [2.45, 2.75) is 13.0 Å². The number of benzene rings is 1. The summed E-state index contributed by atoms with van der Waals surface area (Å²) in [7, 11) is 0. The number of nitrogens with zero attached hydrogens (tertiary/aromatic N) is 5. The second-order valence-electron chi connectivity index (χ2n) is 7.69. The van der Waals surface area contributed by atoms with E-state index in [1.54, 1.807) is 35.7 Å². The average Bonchev–Trinajstić information content (AvgIpc) is 3.28. The molecule has 1 N–H and O–H groups in total. The van der Waals surface area contributed by atoms with Crippen molar-refractivity contribution >= 4 is 16.9 Å². The van der Waals surface area contributed by atoms with Crippen LogP contribution in [-0.2, 0) is 13.0 Å². The molecule has 0 aliphatic carbocycles. The monoisotopic (exact) mass is 434 g/mol. The highest BCUT2D eigenvalue weighted by molar-refractivity contribution is 6.06. The molecule has 0 unspecified atom stereocenters. The molecule has 162 valence electrons. The molecule has 1 amide bonds. The molecule has 5 aromatic rings. The summed E-state index contributed by atoms with van der Waals surface area (Å²) >= 11 is 0. The molecule has 0 radical (unpaired) electrons. The topological polar surface area (TPSA) is 85.6 Å². The van der Waals surface area contributed by atoms with Gasteiger partial charge in [0.25, 0.3) is 5.91 Å². The van der Waals surface area contributed by atoms with E-state index in [1.807, 2.05) is 48.5 Å². The number of amides is 1. The van der Waals surface area contributed by atoms with Crippen LogP contribution in [0.15, 0.2) is 91.6 Å². The van der Waals surface area contributed by atoms with Crippen molar-refractivity contribution in [2.75, 3.05) is 6.54 Å². The zero-order valence-electron chi connectivity index (χ0n) is 17.9. The van der Waals surface area contributed by atoms with E-state index < -0.39 is 0 Å². The Balaban J connectivity index is 1.49. The van der Waals surface area contributed by atoms with Crippen molar-refractivity contribution in [3.05, 3.63) is 108 Å². The lowest BCUT2D eigenvalue weighted by molar-refractivity contribution is 0.0955. The molecule has 4 heterocycles. The van der Waals surface area contributed by atoms with E-state index in [0.29, 0.717) is 35.4 Å². The molecule has 0 aliphatic heterocycles. The Morgan fingerprint density at radius 2 is 1.67 bits per heavy atom. The van der Waals surface area contributed by atoms with Crippen molar-refractivity contribution in [3.8, 4) is 11.3 Å². The molecule has 0 spiro atoms.